The van der Waals surface area contributed by atoms with E-state index in [1.807, 2.05) is 50.2 Å². The molecule has 40 heavy (non-hydrogen) atoms. The Morgan fingerprint density at radius 3 is 2.48 bits per heavy atom. The van der Waals surface area contributed by atoms with Crippen LogP contribution in [0.25, 0.3) is 11.3 Å². The summed E-state index contributed by atoms with van der Waals surface area (Å²) >= 11 is 13.2. The Morgan fingerprint density at radius 1 is 1.02 bits per heavy atom. The third-order valence-corrected chi connectivity index (χ3v) is 8.81. The van der Waals surface area contributed by atoms with Gasteiger partial charge in [0.15, 0.2) is 0 Å². The van der Waals surface area contributed by atoms with Gasteiger partial charge in [0, 0.05) is 17.0 Å². The molecule has 6 rings (SSSR count). The predicted molar refractivity (Wildman–Crippen MR) is 153 cm³/mol. The van der Waals surface area contributed by atoms with E-state index in [4.69, 9.17) is 32.5 Å². The smallest absolute Gasteiger partial charge is 0.335 e. The summed E-state index contributed by atoms with van der Waals surface area (Å²) < 4.78 is 12.0. The Bertz CT molecular complexity index is 1600. The Kier molecular flexibility index (Phi) is 6.89. The highest BCUT2D eigenvalue weighted by Crippen LogP contribution is 2.53. The molecule has 0 amide bonds. The number of hydrogen-bond acceptors (Lipinski definition) is 5. The molecule has 3 aromatic carbocycles. The van der Waals surface area contributed by atoms with Crippen molar-refractivity contribution in [3.8, 4) is 17.0 Å². The van der Waals surface area contributed by atoms with Crippen LogP contribution in [0.15, 0.2) is 59.1 Å². The number of ether oxygens (including phenoxy) is 1. The normalized spacial score (nSPS) is 20.3. The first-order valence-electron chi connectivity index (χ1n) is 13.4. The van der Waals surface area contributed by atoms with Gasteiger partial charge in [0.1, 0.15) is 23.8 Å². The van der Waals surface area contributed by atoms with Gasteiger partial charge < -0.3 is 19.5 Å². The van der Waals surface area contributed by atoms with E-state index in [0.29, 0.717) is 45.8 Å². The fraction of sp³-hybridized carbons (Fsp3) is 0.312. The molecule has 4 aromatic rings. The zero-order valence-electron chi connectivity index (χ0n) is 22.2. The zero-order chi connectivity index (χ0) is 28.2. The molecule has 1 aromatic heterocycles. The fourth-order valence-corrected chi connectivity index (χ4v) is 6.44. The number of aryl methyl sites for hydroxylation is 2. The van der Waals surface area contributed by atoms with Gasteiger partial charge in [-0.3, -0.25) is 0 Å². The molecule has 2 aliphatic carbocycles. The van der Waals surface area contributed by atoms with Crippen LogP contribution in [0.3, 0.4) is 0 Å². The molecule has 2 fully saturated rings. The van der Waals surface area contributed by atoms with E-state index >= 15 is 0 Å². The van der Waals surface area contributed by atoms with E-state index in [1.54, 1.807) is 18.2 Å². The molecular formula is C32H29Cl2NO5. The van der Waals surface area contributed by atoms with Crippen LogP contribution in [0, 0.1) is 13.8 Å². The second-order valence-corrected chi connectivity index (χ2v) is 11.8. The topological polar surface area (TPSA) is 92.8 Å². The van der Waals surface area contributed by atoms with E-state index in [1.165, 1.54) is 0 Å². The van der Waals surface area contributed by atoms with Crippen LogP contribution >= 0.6 is 23.2 Å². The molecule has 8 heteroatoms. The summed E-state index contributed by atoms with van der Waals surface area (Å²) in [6.07, 6.45) is 3.04. The number of hydrogen-bond donors (Lipinski definition) is 2. The summed E-state index contributed by atoms with van der Waals surface area (Å²) in [5.41, 5.74) is 5.20. The van der Waals surface area contributed by atoms with E-state index in [-0.39, 0.29) is 18.1 Å². The van der Waals surface area contributed by atoms with Crippen molar-refractivity contribution in [2.45, 2.75) is 63.6 Å². The van der Waals surface area contributed by atoms with Crippen LogP contribution < -0.4 is 4.74 Å². The molecule has 0 unspecified atom stereocenters. The fourth-order valence-electron chi connectivity index (χ4n) is 5.78. The van der Waals surface area contributed by atoms with Crippen LogP contribution in [0.2, 0.25) is 10.0 Å². The Labute approximate surface area is 242 Å². The van der Waals surface area contributed by atoms with Crippen LogP contribution in [0.5, 0.6) is 5.75 Å². The van der Waals surface area contributed by atoms with Gasteiger partial charge in [-0.1, -0.05) is 52.6 Å². The van der Waals surface area contributed by atoms with Crippen LogP contribution in [-0.2, 0) is 12.2 Å². The Balaban J connectivity index is 1.20. The molecule has 0 aliphatic heterocycles. The SMILES string of the molecule is Cc1cccc(Cl)c1-c1noc(C2CC2)c1COc1ccc([C@]2(O)C[C@H](c3cc(C(=O)O)ccc3C)C2)c(Cl)c1. The number of aliphatic hydroxyl groups is 1. The van der Waals surface area contributed by atoms with Gasteiger partial charge in [-0.25, -0.2) is 4.79 Å². The van der Waals surface area contributed by atoms with Gasteiger partial charge in [0.2, 0.25) is 0 Å². The van der Waals surface area contributed by atoms with Crippen molar-refractivity contribution in [1.82, 2.24) is 5.16 Å². The highest BCUT2D eigenvalue weighted by Gasteiger charge is 2.46. The van der Waals surface area contributed by atoms with Gasteiger partial charge in [-0.2, -0.15) is 0 Å². The van der Waals surface area contributed by atoms with Crippen molar-refractivity contribution in [3.63, 3.8) is 0 Å². The summed E-state index contributed by atoms with van der Waals surface area (Å²) in [6, 6.07) is 16.2. The predicted octanol–water partition coefficient (Wildman–Crippen LogP) is 8.19. The minimum atomic E-state index is -1.09. The second kappa shape index (κ2) is 10.3. The molecule has 6 nitrogen and oxygen atoms in total. The number of rotatable bonds is 8. The lowest BCUT2D eigenvalue weighted by molar-refractivity contribution is -0.0550. The number of carboxylic acid groups (broad SMARTS) is 1. The minimum absolute atomic E-state index is 0.0532. The minimum Gasteiger partial charge on any atom is -0.489 e. The molecule has 2 saturated carbocycles. The third-order valence-electron chi connectivity index (χ3n) is 8.18. The molecule has 0 atom stereocenters. The quantitative estimate of drug-likeness (QED) is 0.219. The van der Waals surface area contributed by atoms with Crippen molar-refractivity contribution in [2.24, 2.45) is 0 Å². The summed E-state index contributed by atoms with van der Waals surface area (Å²) in [4.78, 5) is 11.4. The van der Waals surface area contributed by atoms with Crippen molar-refractivity contribution in [3.05, 3.63) is 104 Å². The third kappa shape index (κ3) is 4.89. The standard InChI is InChI=1S/C32H29Cl2NO5/c1-17-6-7-20(31(36)37)12-23(17)21-14-32(38,15-21)25-11-10-22(13-27(25)34)39-16-24-29(35-40-30(24)19-8-9-19)28-18(2)4-3-5-26(28)33/h3-7,10-13,19,21,38H,8-9,14-16H2,1-2H3,(H,36,37)/t21-,32-. The maximum Gasteiger partial charge on any atom is 0.335 e. The first kappa shape index (κ1) is 26.9. The van der Waals surface area contributed by atoms with Crippen LogP contribution in [-0.4, -0.2) is 21.3 Å². The van der Waals surface area contributed by atoms with Gasteiger partial charge in [-0.05, 0) is 92.5 Å². The van der Waals surface area contributed by atoms with Gasteiger partial charge in [-0.15, -0.1) is 0 Å². The number of halogens is 2. The molecule has 0 saturated heterocycles. The van der Waals surface area contributed by atoms with Gasteiger partial charge in [0.05, 0.1) is 26.8 Å². The maximum absolute atomic E-state index is 11.4. The average molecular weight is 578 g/mol. The number of carboxylic acids is 1. The number of nitrogens with zero attached hydrogens (tertiary/aromatic N) is 1. The molecule has 1 heterocycles. The molecule has 0 spiro atoms. The Hall–Kier alpha value is -3.32. The molecule has 2 N–H and O–H groups in total. The maximum atomic E-state index is 11.4. The zero-order valence-corrected chi connectivity index (χ0v) is 23.7. The number of aromatic nitrogens is 1. The van der Waals surface area contributed by atoms with E-state index in [2.05, 4.69) is 5.16 Å². The highest BCUT2D eigenvalue weighted by atomic mass is 35.5. The number of benzene rings is 3. The van der Waals surface area contributed by atoms with Gasteiger partial charge >= 0.3 is 5.97 Å². The van der Waals surface area contributed by atoms with Crippen LogP contribution in [0.4, 0.5) is 0 Å². The summed E-state index contributed by atoms with van der Waals surface area (Å²) in [5.74, 6) is 0.850. The summed E-state index contributed by atoms with van der Waals surface area (Å²) in [5, 5.41) is 26.2. The summed E-state index contributed by atoms with van der Waals surface area (Å²) in [6.45, 7) is 4.20. The molecule has 2 aliphatic rings. The van der Waals surface area contributed by atoms with E-state index in [0.717, 1.165) is 46.4 Å². The largest absolute Gasteiger partial charge is 0.489 e. The lowest BCUT2D eigenvalue weighted by Gasteiger charge is -2.45. The molecule has 0 bridgehead atoms. The molecule has 0 radical (unpaired) electrons. The Morgan fingerprint density at radius 2 is 1.80 bits per heavy atom. The average Bonchev–Trinajstić information content (AvgIpc) is 3.66. The second-order valence-electron chi connectivity index (χ2n) is 11.0. The van der Waals surface area contributed by atoms with Crippen molar-refractivity contribution in [2.75, 3.05) is 0 Å². The first-order chi connectivity index (χ1) is 19.1. The van der Waals surface area contributed by atoms with Gasteiger partial charge in [0.25, 0.3) is 0 Å². The van der Waals surface area contributed by atoms with Crippen molar-refractivity contribution in [1.29, 1.82) is 0 Å². The molecular weight excluding hydrogens is 549 g/mol. The summed E-state index contributed by atoms with van der Waals surface area (Å²) in [7, 11) is 0. The van der Waals surface area contributed by atoms with E-state index in [9.17, 15) is 15.0 Å². The first-order valence-corrected chi connectivity index (χ1v) is 14.1. The monoisotopic (exact) mass is 577 g/mol. The highest BCUT2D eigenvalue weighted by molar-refractivity contribution is 6.33. The van der Waals surface area contributed by atoms with Crippen molar-refractivity contribution < 1.29 is 24.3 Å². The van der Waals surface area contributed by atoms with Crippen LogP contribution in [0.1, 0.15) is 81.5 Å². The lowest BCUT2D eigenvalue weighted by atomic mass is 9.64. The van der Waals surface area contributed by atoms with E-state index < -0.39 is 11.6 Å². The lowest BCUT2D eigenvalue weighted by Crippen LogP contribution is -2.40. The number of carbonyl (C=O) groups is 1. The number of aromatic carboxylic acids is 1. The van der Waals surface area contributed by atoms with Crippen molar-refractivity contribution >= 4 is 29.2 Å². The molecule has 206 valence electrons.